The predicted octanol–water partition coefficient (Wildman–Crippen LogP) is -0.378. The molecule has 0 aromatic heterocycles. The summed E-state index contributed by atoms with van der Waals surface area (Å²) in [6.07, 6.45) is -6.32. The zero-order valence-electron chi connectivity index (χ0n) is 33.4. The van der Waals surface area contributed by atoms with Gasteiger partial charge in [0.2, 0.25) is 0 Å². The fraction of sp³-hybridized carbons (Fsp3) is 0.902. The summed E-state index contributed by atoms with van der Waals surface area (Å²) < 4.78 is 23.4. The third kappa shape index (κ3) is 7.71. The molecule has 2 heterocycles. The van der Waals surface area contributed by atoms with Gasteiger partial charge in [0.1, 0.15) is 48.8 Å². The monoisotopic (exact) mass is 800 g/mol. The van der Waals surface area contributed by atoms with Gasteiger partial charge >= 0.3 is 0 Å². The minimum Gasteiger partial charge on any atom is -0.396 e. The Hall–Kier alpha value is -1.12. The highest BCUT2D eigenvalue weighted by atomic mass is 16.7. The van der Waals surface area contributed by atoms with E-state index in [9.17, 15) is 56.2 Å². The molecule has 15 nitrogen and oxygen atoms in total. The van der Waals surface area contributed by atoms with Crippen molar-refractivity contribution in [2.24, 2.45) is 40.4 Å². The molecule has 0 aromatic carbocycles. The Balaban J connectivity index is 1.13. The number of ether oxygens (including phenoxy) is 4. The number of hydrogen-bond donors (Lipinski definition) is 11. The Morgan fingerprint density at radius 1 is 0.821 bits per heavy atom. The van der Waals surface area contributed by atoms with Crippen molar-refractivity contribution in [3.05, 3.63) is 23.3 Å². The smallest absolute Gasteiger partial charge is 0.187 e. The predicted molar refractivity (Wildman–Crippen MR) is 199 cm³/mol. The number of aliphatic hydroxyl groups is 11. The molecular formula is C41H68O15. The van der Waals surface area contributed by atoms with E-state index in [0.29, 0.717) is 32.1 Å². The Labute approximate surface area is 329 Å². The van der Waals surface area contributed by atoms with Gasteiger partial charge in [0.15, 0.2) is 12.6 Å². The Morgan fingerprint density at radius 2 is 1.43 bits per heavy atom. The Bertz CT molecular complexity index is 1410. The summed E-state index contributed by atoms with van der Waals surface area (Å²) in [4.78, 5) is 0. The molecule has 20 atom stereocenters. The van der Waals surface area contributed by atoms with E-state index < -0.39 is 92.4 Å². The average Bonchev–Trinajstić information content (AvgIpc) is 3.44. The molecule has 0 amide bonds. The van der Waals surface area contributed by atoms with Crippen LogP contribution in [0.4, 0.5) is 0 Å². The largest absolute Gasteiger partial charge is 0.396 e. The van der Waals surface area contributed by atoms with Gasteiger partial charge in [-0.1, -0.05) is 39.8 Å². The standard InChI is InChI=1S/C41H68O15/c1-19(2)41(52,20(3)53-37-35(50)33(48)31(46)28(17-43)55-37)13-8-21(16-42)30-27(45)15-26-24-7-6-22-14-23(9-11-39(22,4)25(24)10-12-40(26,30)5)54-38-36(51)34(49)32(47)29(18-44)56-38/h7,10,19-23,26-38,42-52H,6,8-9,11-18H2,1-5H3. The molecule has 0 aromatic rings. The first-order valence-electron chi connectivity index (χ1n) is 20.7. The van der Waals surface area contributed by atoms with E-state index >= 15 is 0 Å². The second-order valence-electron chi connectivity index (χ2n) is 18.6. The average molecular weight is 801 g/mol. The van der Waals surface area contributed by atoms with Crippen LogP contribution in [0.25, 0.3) is 0 Å². The molecular weight excluding hydrogens is 732 g/mol. The number of allylic oxidation sites excluding steroid dienone is 4. The Kier molecular flexibility index (Phi) is 13.6. The van der Waals surface area contributed by atoms with E-state index in [-0.39, 0.29) is 59.6 Å². The van der Waals surface area contributed by atoms with Crippen LogP contribution in [0.5, 0.6) is 0 Å². The topological polar surface area (TPSA) is 259 Å². The zero-order valence-corrected chi connectivity index (χ0v) is 33.4. The minimum atomic E-state index is -1.62. The summed E-state index contributed by atoms with van der Waals surface area (Å²) in [6.45, 7) is 8.51. The van der Waals surface area contributed by atoms with Gasteiger partial charge in [-0.3, -0.25) is 0 Å². The fourth-order valence-corrected chi connectivity index (χ4v) is 11.5. The Morgan fingerprint density at radius 3 is 2.02 bits per heavy atom. The molecule has 2 saturated heterocycles. The van der Waals surface area contributed by atoms with E-state index in [1.165, 1.54) is 11.1 Å². The maximum Gasteiger partial charge on any atom is 0.187 e. The van der Waals surface area contributed by atoms with E-state index in [2.05, 4.69) is 26.0 Å². The maximum atomic E-state index is 12.1. The van der Waals surface area contributed by atoms with Gasteiger partial charge in [-0.2, -0.15) is 0 Å². The molecule has 0 bridgehead atoms. The van der Waals surface area contributed by atoms with Gasteiger partial charge in [0, 0.05) is 6.61 Å². The lowest BCUT2D eigenvalue weighted by Gasteiger charge is -2.54. The normalized spacial score (nSPS) is 47.6. The van der Waals surface area contributed by atoms with E-state index in [1.807, 2.05) is 13.8 Å². The number of fused-ring (bicyclic) bond motifs is 5. The van der Waals surface area contributed by atoms with Crippen molar-refractivity contribution in [3.63, 3.8) is 0 Å². The summed E-state index contributed by atoms with van der Waals surface area (Å²) >= 11 is 0. The highest BCUT2D eigenvalue weighted by molar-refractivity contribution is 5.46. The van der Waals surface area contributed by atoms with Crippen LogP contribution < -0.4 is 0 Å². The minimum absolute atomic E-state index is 0.0647. The van der Waals surface area contributed by atoms with Crippen molar-refractivity contribution in [1.29, 1.82) is 0 Å². The zero-order chi connectivity index (χ0) is 41.1. The van der Waals surface area contributed by atoms with E-state index in [4.69, 9.17) is 18.9 Å². The quantitative estimate of drug-likeness (QED) is 0.114. The fourth-order valence-electron chi connectivity index (χ4n) is 11.5. The number of hydrogen-bond acceptors (Lipinski definition) is 15. The lowest BCUT2D eigenvalue weighted by Crippen LogP contribution is -2.61. The third-order valence-electron chi connectivity index (χ3n) is 15.3. The van der Waals surface area contributed by atoms with Crippen LogP contribution in [0, 0.1) is 40.4 Å². The second-order valence-corrected chi connectivity index (χ2v) is 18.6. The van der Waals surface area contributed by atoms with Crippen LogP contribution in [0.2, 0.25) is 0 Å². The summed E-state index contributed by atoms with van der Waals surface area (Å²) in [5, 5.41) is 116. The van der Waals surface area contributed by atoms with Crippen LogP contribution in [-0.2, 0) is 18.9 Å². The first-order valence-corrected chi connectivity index (χ1v) is 20.7. The van der Waals surface area contributed by atoms with Gasteiger partial charge < -0.3 is 75.1 Å². The highest BCUT2D eigenvalue weighted by Crippen LogP contribution is 2.65. The third-order valence-corrected chi connectivity index (χ3v) is 15.3. The van der Waals surface area contributed by atoms with Crippen molar-refractivity contribution in [2.45, 2.75) is 171 Å². The van der Waals surface area contributed by atoms with Crippen LogP contribution in [-0.4, -0.2) is 161 Å². The van der Waals surface area contributed by atoms with Gasteiger partial charge in [-0.15, -0.1) is 0 Å². The summed E-state index contributed by atoms with van der Waals surface area (Å²) in [5.74, 6) is -0.643. The lowest BCUT2D eigenvalue weighted by atomic mass is 9.51. The maximum absolute atomic E-state index is 12.1. The molecule has 4 fully saturated rings. The SMILES string of the molecule is CC(C)C(O)(CCC(CO)C1C(O)CC2C3=CCC4CC(OC5OC(CO)C(O)C(O)C5O)CCC4(C)C3=CCC21C)C(C)OC1OC(CO)C(O)C(O)C1O. The second kappa shape index (κ2) is 17.1. The van der Waals surface area contributed by atoms with Crippen LogP contribution in [0.15, 0.2) is 23.3 Å². The van der Waals surface area contributed by atoms with Crippen molar-refractivity contribution < 1.29 is 75.1 Å². The summed E-state index contributed by atoms with van der Waals surface area (Å²) in [5.41, 5.74) is 0.582. The molecule has 56 heavy (non-hydrogen) atoms. The van der Waals surface area contributed by atoms with Crippen LogP contribution in [0.3, 0.4) is 0 Å². The van der Waals surface area contributed by atoms with Gasteiger partial charge in [-0.25, -0.2) is 0 Å². The summed E-state index contributed by atoms with van der Waals surface area (Å²) in [7, 11) is 0. The van der Waals surface area contributed by atoms with Crippen LogP contribution >= 0.6 is 0 Å². The van der Waals surface area contributed by atoms with E-state index in [1.54, 1.807) is 6.92 Å². The molecule has 322 valence electrons. The summed E-state index contributed by atoms with van der Waals surface area (Å²) in [6, 6.07) is 0. The lowest BCUT2D eigenvalue weighted by molar-refractivity contribution is -0.324. The first-order chi connectivity index (χ1) is 26.4. The molecule has 6 rings (SSSR count). The van der Waals surface area contributed by atoms with Gasteiger partial charge in [-0.05, 0) is 110 Å². The van der Waals surface area contributed by atoms with Gasteiger partial charge in [0.05, 0.1) is 37.1 Å². The highest BCUT2D eigenvalue weighted by Gasteiger charge is 2.59. The van der Waals surface area contributed by atoms with Gasteiger partial charge in [0.25, 0.3) is 0 Å². The molecule has 2 aliphatic heterocycles. The van der Waals surface area contributed by atoms with Crippen molar-refractivity contribution in [1.82, 2.24) is 0 Å². The molecule has 6 aliphatic rings. The molecule has 0 spiro atoms. The molecule has 11 N–H and O–H groups in total. The van der Waals surface area contributed by atoms with Crippen molar-refractivity contribution >= 4 is 0 Å². The van der Waals surface area contributed by atoms with Crippen molar-refractivity contribution in [2.75, 3.05) is 19.8 Å². The van der Waals surface area contributed by atoms with E-state index in [0.717, 1.165) is 12.8 Å². The number of aliphatic hydroxyl groups excluding tert-OH is 10. The molecule has 0 radical (unpaired) electrons. The number of rotatable bonds is 13. The van der Waals surface area contributed by atoms with Crippen LogP contribution in [0.1, 0.15) is 86.0 Å². The first kappa shape index (κ1) is 44.4. The molecule has 20 unspecified atom stereocenters. The van der Waals surface area contributed by atoms with Crippen molar-refractivity contribution in [3.8, 4) is 0 Å². The molecule has 15 heteroatoms. The molecule has 4 aliphatic carbocycles. The molecule has 2 saturated carbocycles.